The highest BCUT2D eigenvalue weighted by Gasteiger charge is 2.26. The third kappa shape index (κ3) is 5.30. The van der Waals surface area contributed by atoms with E-state index in [1.54, 1.807) is 0 Å². The first-order chi connectivity index (χ1) is 27.2. The minimum absolute atomic E-state index is 0.272. The third-order valence-electron chi connectivity index (χ3n) is 10.9. The van der Waals surface area contributed by atoms with Crippen molar-refractivity contribution in [2.45, 2.75) is 6.23 Å². The second-order valence-corrected chi connectivity index (χ2v) is 14.1. The van der Waals surface area contributed by atoms with Gasteiger partial charge in [0.1, 0.15) is 11.2 Å². The van der Waals surface area contributed by atoms with E-state index in [2.05, 4.69) is 186 Å². The second kappa shape index (κ2) is 12.7. The molecule has 1 aliphatic rings. The largest absolute Gasteiger partial charge is 0.464 e. The minimum atomic E-state index is -0.272. The van der Waals surface area contributed by atoms with Crippen LogP contribution in [0, 0.1) is 0 Å². The number of para-hydroxylation sites is 2. The topological polar surface area (TPSA) is 37.6 Å². The summed E-state index contributed by atoms with van der Waals surface area (Å²) >= 11 is 0. The van der Waals surface area contributed by atoms with Gasteiger partial charge < -0.3 is 19.4 Å². The summed E-state index contributed by atoms with van der Waals surface area (Å²) < 4.78 is 13.0. The van der Waals surface area contributed by atoms with Crippen molar-refractivity contribution >= 4 is 66.2 Å². The van der Waals surface area contributed by atoms with Gasteiger partial charge in [-0.05, 0) is 93.0 Å². The number of fused-ring (bicyclic) bond motifs is 8. The molecule has 1 unspecified atom stereocenters. The molecule has 10 aromatic rings. The first-order valence-corrected chi connectivity index (χ1v) is 18.7. The van der Waals surface area contributed by atoms with Crippen molar-refractivity contribution in [2.75, 3.05) is 10.2 Å². The van der Waals surface area contributed by atoms with E-state index >= 15 is 0 Å². The molecule has 55 heavy (non-hydrogen) atoms. The Kier molecular flexibility index (Phi) is 7.20. The summed E-state index contributed by atoms with van der Waals surface area (Å²) in [5.41, 5.74) is 11.8. The molecule has 1 N–H and O–H groups in total. The highest BCUT2D eigenvalue weighted by atomic mass is 16.5. The summed E-state index contributed by atoms with van der Waals surface area (Å²) in [6, 6.07) is 68.6. The molecule has 0 fully saturated rings. The molecule has 1 aliphatic heterocycles. The molecule has 4 heteroatoms. The van der Waals surface area contributed by atoms with Crippen LogP contribution in [-0.4, -0.2) is 0 Å². The summed E-state index contributed by atoms with van der Waals surface area (Å²) in [5.74, 6) is 0.890. The highest BCUT2D eigenvalue weighted by molar-refractivity contribution is 6.14. The van der Waals surface area contributed by atoms with Crippen molar-refractivity contribution in [3.8, 4) is 28.0 Å². The van der Waals surface area contributed by atoms with E-state index in [1.165, 1.54) is 11.1 Å². The molecule has 0 bridgehead atoms. The van der Waals surface area contributed by atoms with Gasteiger partial charge in [-0.25, -0.2) is 0 Å². The van der Waals surface area contributed by atoms with Crippen LogP contribution in [0.5, 0.6) is 5.75 Å². The Labute approximate surface area is 318 Å². The monoisotopic (exact) mass is 706 g/mol. The van der Waals surface area contributed by atoms with Crippen LogP contribution in [0.1, 0.15) is 11.8 Å². The number of anilines is 4. The van der Waals surface area contributed by atoms with E-state index in [0.717, 1.165) is 88.7 Å². The van der Waals surface area contributed by atoms with Crippen LogP contribution in [0.2, 0.25) is 0 Å². The van der Waals surface area contributed by atoms with E-state index in [4.69, 9.17) is 9.15 Å². The van der Waals surface area contributed by atoms with Gasteiger partial charge in [0.05, 0.1) is 5.69 Å². The molecule has 4 nitrogen and oxygen atoms in total. The lowest BCUT2D eigenvalue weighted by atomic mass is 9.98. The number of hydrogen-bond donors (Lipinski definition) is 1. The number of furan rings is 1. The zero-order valence-electron chi connectivity index (χ0n) is 29.8. The van der Waals surface area contributed by atoms with Crippen LogP contribution < -0.4 is 15.0 Å². The molecule has 1 atom stereocenters. The van der Waals surface area contributed by atoms with E-state index < -0.39 is 0 Å². The van der Waals surface area contributed by atoms with E-state index in [0.29, 0.717) is 0 Å². The zero-order chi connectivity index (χ0) is 36.3. The maximum absolute atomic E-state index is 6.75. The molecule has 0 spiro atoms. The van der Waals surface area contributed by atoms with Gasteiger partial charge in [-0.2, -0.15) is 0 Å². The summed E-state index contributed by atoms with van der Waals surface area (Å²) in [6.45, 7) is 0. The molecular formula is C51H34N2O2. The van der Waals surface area contributed by atoms with Gasteiger partial charge in [0.25, 0.3) is 0 Å². The molecular weight excluding hydrogens is 673 g/mol. The lowest BCUT2D eigenvalue weighted by Crippen LogP contribution is -2.10. The molecule has 0 saturated carbocycles. The third-order valence-corrected chi connectivity index (χ3v) is 10.9. The number of hydrogen-bond acceptors (Lipinski definition) is 4. The lowest BCUT2D eigenvalue weighted by molar-refractivity contribution is 0.263. The van der Waals surface area contributed by atoms with Crippen LogP contribution in [0.15, 0.2) is 199 Å². The van der Waals surface area contributed by atoms with Gasteiger partial charge in [0.2, 0.25) is 0 Å². The van der Waals surface area contributed by atoms with Crippen molar-refractivity contribution in [3.63, 3.8) is 0 Å². The minimum Gasteiger partial charge on any atom is -0.464 e. The van der Waals surface area contributed by atoms with Gasteiger partial charge in [0.15, 0.2) is 12.0 Å². The smallest absolute Gasteiger partial charge is 0.196 e. The van der Waals surface area contributed by atoms with Crippen LogP contribution in [0.25, 0.3) is 65.7 Å². The predicted octanol–water partition coefficient (Wildman–Crippen LogP) is 14.2. The molecule has 0 radical (unpaired) electrons. The van der Waals surface area contributed by atoms with Crippen molar-refractivity contribution in [2.24, 2.45) is 0 Å². The van der Waals surface area contributed by atoms with E-state index in [1.807, 2.05) is 18.2 Å². The zero-order valence-corrected chi connectivity index (χ0v) is 29.8. The second-order valence-electron chi connectivity index (χ2n) is 14.1. The maximum atomic E-state index is 6.75. The molecule has 0 amide bonds. The average Bonchev–Trinajstić information content (AvgIpc) is 3.87. The molecule has 0 aliphatic carbocycles. The number of nitrogens with zero attached hydrogens (tertiary/aromatic N) is 1. The summed E-state index contributed by atoms with van der Waals surface area (Å²) in [5, 5.41) is 10.5. The number of rotatable bonds is 6. The van der Waals surface area contributed by atoms with Crippen LogP contribution in [0.3, 0.4) is 0 Å². The first-order valence-electron chi connectivity index (χ1n) is 18.7. The quantitative estimate of drug-likeness (QED) is 0.175. The summed E-state index contributed by atoms with van der Waals surface area (Å²) in [4.78, 5) is 2.34. The van der Waals surface area contributed by atoms with Crippen molar-refractivity contribution in [1.29, 1.82) is 0 Å². The van der Waals surface area contributed by atoms with E-state index in [-0.39, 0.29) is 6.23 Å². The standard InChI is InChI=1S/C51H34N2O2/c1-3-11-33(12-4-1)34-21-24-36(25-22-34)51-52-45-30-27-35-23-26-38-32-41(28-29-43(38)48(35)50(45)55-51)53(39-14-5-2-6-15-39)40-16-9-13-37(31-40)42-18-10-20-47-49(42)44-17-7-8-19-46(44)54-47/h1-32,51-52H. The van der Waals surface area contributed by atoms with Crippen molar-refractivity contribution in [3.05, 3.63) is 200 Å². The van der Waals surface area contributed by atoms with Gasteiger partial charge in [-0.15, -0.1) is 0 Å². The molecule has 260 valence electrons. The predicted molar refractivity (Wildman–Crippen MR) is 228 cm³/mol. The van der Waals surface area contributed by atoms with E-state index in [9.17, 15) is 0 Å². The fraction of sp³-hybridized carbons (Fsp3) is 0.0196. The molecule has 11 rings (SSSR count). The molecule has 9 aromatic carbocycles. The van der Waals surface area contributed by atoms with Gasteiger partial charge in [-0.1, -0.05) is 140 Å². The fourth-order valence-corrected chi connectivity index (χ4v) is 8.26. The molecule has 1 aromatic heterocycles. The van der Waals surface area contributed by atoms with Crippen LogP contribution in [0.4, 0.5) is 22.7 Å². The van der Waals surface area contributed by atoms with Gasteiger partial charge in [0, 0.05) is 38.8 Å². The Bertz CT molecular complexity index is 3040. The molecule has 2 heterocycles. The average molecular weight is 707 g/mol. The maximum Gasteiger partial charge on any atom is 0.196 e. The highest BCUT2D eigenvalue weighted by Crippen LogP contribution is 2.47. The lowest BCUT2D eigenvalue weighted by Gasteiger charge is -2.26. The Morgan fingerprint density at radius 1 is 0.436 bits per heavy atom. The number of nitrogens with one attached hydrogen (secondary N) is 1. The van der Waals surface area contributed by atoms with Crippen LogP contribution in [-0.2, 0) is 0 Å². The fourth-order valence-electron chi connectivity index (χ4n) is 8.26. The summed E-state index contributed by atoms with van der Waals surface area (Å²) in [6.07, 6.45) is -0.272. The SMILES string of the molecule is c1ccc(-c2ccc(C3Nc4ccc5ccc6cc(N(c7ccccc7)c7cccc(-c8cccc9oc%10ccccc%10c89)c7)ccc6c5c4O3)cc2)cc1. The summed E-state index contributed by atoms with van der Waals surface area (Å²) in [7, 11) is 0. The Morgan fingerprint density at radius 2 is 1.11 bits per heavy atom. The Hall–Kier alpha value is -7.30. The Balaban J connectivity index is 0.987. The van der Waals surface area contributed by atoms with Crippen molar-refractivity contribution in [1.82, 2.24) is 0 Å². The van der Waals surface area contributed by atoms with Crippen LogP contribution >= 0.6 is 0 Å². The normalized spacial score (nSPS) is 13.6. The first kappa shape index (κ1) is 31.2. The Morgan fingerprint density at radius 3 is 1.98 bits per heavy atom. The molecule has 0 saturated heterocycles. The number of ether oxygens (including phenoxy) is 1. The van der Waals surface area contributed by atoms with Crippen molar-refractivity contribution < 1.29 is 9.15 Å². The van der Waals surface area contributed by atoms with Gasteiger partial charge in [-0.3, -0.25) is 0 Å². The number of benzene rings is 9. The van der Waals surface area contributed by atoms with Gasteiger partial charge >= 0.3 is 0 Å².